The maximum Gasteiger partial charge on any atom is 0.314 e. The third-order valence-corrected chi connectivity index (χ3v) is 3.51. The molecule has 2 amide bonds. The van der Waals surface area contributed by atoms with E-state index < -0.39 is 11.8 Å². The van der Waals surface area contributed by atoms with E-state index in [1.165, 1.54) is 7.11 Å². The van der Waals surface area contributed by atoms with Crippen LogP contribution in [0.2, 0.25) is 0 Å². The van der Waals surface area contributed by atoms with Crippen LogP contribution in [0, 0.1) is 6.92 Å². The first kappa shape index (κ1) is 15.5. The Labute approximate surface area is 138 Å². The summed E-state index contributed by atoms with van der Waals surface area (Å²) in [5.41, 5.74) is 2.66. The van der Waals surface area contributed by atoms with Gasteiger partial charge in [-0.3, -0.25) is 14.7 Å². The molecule has 24 heavy (non-hydrogen) atoms. The second-order valence-corrected chi connectivity index (χ2v) is 5.28. The van der Waals surface area contributed by atoms with Gasteiger partial charge < -0.3 is 15.4 Å². The van der Waals surface area contributed by atoms with E-state index in [9.17, 15) is 9.59 Å². The van der Waals surface area contributed by atoms with Crippen LogP contribution in [-0.2, 0) is 9.59 Å². The number of anilines is 2. The molecule has 7 heteroatoms. The Morgan fingerprint density at radius 3 is 2.67 bits per heavy atom. The molecule has 7 nitrogen and oxygen atoms in total. The number of carbonyl (C=O) groups is 2. The van der Waals surface area contributed by atoms with E-state index in [1.54, 1.807) is 36.5 Å². The summed E-state index contributed by atoms with van der Waals surface area (Å²) in [5, 5.41) is 12.7. The van der Waals surface area contributed by atoms with Gasteiger partial charge in [-0.25, -0.2) is 0 Å². The highest BCUT2D eigenvalue weighted by Gasteiger charge is 2.16. The van der Waals surface area contributed by atoms with Crippen molar-refractivity contribution in [3.05, 3.63) is 48.2 Å². The summed E-state index contributed by atoms with van der Waals surface area (Å²) in [7, 11) is 1.50. The van der Waals surface area contributed by atoms with Crippen LogP contribution < -0.4 is 15.4 Å². The van der Waals surface area contributed by atoms with Crippen LogP contribution in [0.25, 0.3) is 10.9 Å². The number of aryl methyl sites for hydroxylation is 1. The number of methoxy groups -OCH3 is 1. The van der Waals surface area contributed by atoms with Crippen molar-refractivity contribution in [2.24, 2.45) is 0 Å². The van der Waals surface area contributed by atoms with E-state index in [0.717, 1.165) is 16.5 Å². The average molecular weight is 324 g/mol. The highest BCUT2D eigenvalue weighted by Crippen LogP contribution is 2.25. The molecule has 3 rings (SSSR count). The monoisotopic (exact) mass is 324 g/mol. The largest absolute Gasteiger partial charge is 0.495 e. The van der Waals surface area contributed by atoms with Crippen LogP contribution >= 0.6 is 0 Å². The van der Waals surface area contributed by atoms with Crippen LogP contribution in [0.4, 0.5) is 11.4 Å². The molecule has 3 N–H and O–H groups in total. The molecule has 0 fully saturated rings. The first-order valence-corrected chi connectivity index (χ1v) is 7.27. The Bertz CT molecular complexity index is 917. The first-order valence-electron chi connectivity index (χ1n) is 7.27. The lowest BCUT2D eigenvalue weighted by molar-refractivity contribution is -0.133. The quantitative estimate of drug-likeness (QED) is 0.645. The molecule has 2 aromatic carbocycles. The summed E-state index contributed by atoms with van der Waals surface area (Å²) >= 11 is 0. The fourth-order valence-electron chi connectivity index (χ4n) is 2.30. The van der Waals surface area contributed by atoms with Gasteiger partial charge in [-0.05, 0) is 42.8 Å². The molecule has 0 saturated carbocycles. The van der Waals surface area contributed by atoms with Crippen LogP contribution in [-0.4, -0.2) is 29.1 Å². The molecular formula is C17H16N4O3. The van der Waals surface area contributed by atoms with Crippen LogP contribution in [0.1, 0.15) is 5.56 Å². The molecule has 0 spiro atoms. The predicted molar refractivity (Wildman–Crippen MR) is 91.1 cm³/mol. The number of amides is 2. The van der Waals surface area contributed by atoms with Gasteiger partial charge in [0.2, 0.25) is 0 Å². The minimum absolute atomic E-state index is 0.446. The summed E-state index contributed by atoms with van der Waals surface area (Å²) in [4.78, 5) is 24.2. The Balaban J connectivity index is 1.72. The van der Waals surface area contributed by atoms with Crippen molar-refractivity contribution in [3.8, 4) is 5.75 Å². The zero-order valence-corrected chi connectivity index (χ0v) is 13.2. The number of H-pyrrole nitrogens is 1. The van der Waals surface area contributed by atoms with E-state index in [0.29, 0.717) is 17.1 Å². The maximum absolute atomic E-state index is 12.1. The number of hydrogen-bond donors (Lipinski definition) is 3. The number of fused-ring (bicyclic) bond motifs is 1. The summed E-state index contributed by atoms with van der Waals surface area (Å²) < 4.78 is 5.18. The molecule has 0 saturated heterocycles. The number of aromatic amines is 1. The third kappa shape index (κ3) is 3.19. The van der Waals surface area contributed by atoms with Gasteiger partial charge in [-0.2, -0.15) is 5.10 Å². The number of ether oxygens (including phenoxy) is 1. The Morgan fingerprint density at radius 2 is 1.88 bits per heavy atom. The Hall–Kier alpha value is -3.35. The second-order valence-electron chi connectivity index (χ2n) is 5.28. The molecule has 0 atom stereocenters. The average Bonchev–Trinajstić information content (AvgIpc) is 3.02. The third-order valence-electron chi connectivity index (χ3n) is 3.51. The summed E-state index contributed by atoms with van der Waals surface area (Å²) in [6.45, 7) is 1.88. The summed E-state index contributed by atoms with van der Waals surface area (Å²) in [5.74, 6) is -1.05. The van der Waals surface area contributed by atoms with Gasteiger partial charge in [0.05, 0.1) is 24.5 Å². The van der Waals surface area contributed by atoms with Gasteiger partial charge in [-0.1, -0.05) is 6.07 Å². The molecule has 0 bridgehead atoms. The SMILES string of the molecule is COc1ccc(C)cc1NC(=O)C(=O)Nc1ccc2cn[nH]c2c1. The fraction of sp³-hybridized carbons (Fsp3) is 0.118. The van der Waals surface area contributed by atoms with Crippen molar-refractivity contribution in [1.82, 2.24) is 10.2 Å². The minimum Gasteiger partial charge on any atom is -0.495 e. The number of nitrogens with zero attached hydrogens (tertiary/aromatic N) is 1. The van der Waals surface area contributed by atoms with E-state index in [4.69, 9.17) is 4.74 Å². The number of nitrogens with one attached hydrogen (secondary N) is 3. The molecule has 1 heterocycles. The van der Waals surface area contributed by atoms with E-state index in [-0.39, 0.29) is 0 Å². The number of benzene rings is 2. The summed E-state index contributed by atoms with van der Waals surface area (Å²) in [6.07, 6.45) is 1.68. The Kier molecular flexibility index (Phi) is 4.15. The van der Waals surface area contributed by atoms with Gasteiger partial charge in [-0.15, -0.1) is 0 Å². The zero-order chi connectivity index (χ0) is 17.1. The van der Waals surface area contributed by atoms with Crippen molar-refractivity contribution in [3.63, 3.8) is 0 Å². The van der Waals surface area contributed by atoms with Crippen LogP contribution in [0.3, 0.4) is 0 Å². The predicted octanol–water partition coefficient (Wildman–Crippen LogP) is 2.46. The smallest absolute Gasteiger partial charge is 0.314 e. The fourth-order valence-corrected chi connectivity index (χ4v) is 2.30. The lowest BCUT2D eigenvalue weighted by Gasteiger charge is -2.11. The number of carbonyl (C=O) groups excluding carboxylic acids is 2. The minimum atomic E-state index is -0.774. The molecule has 0 radical (unpaired) electrons. The van der Waals surface area contributed by atoms with E-state index >= 15 is 0 Å². The van der Waals surface area contributed by atoms with Crippen molar-refractivity contribution < 1.29 is 14.3 Å². The molecule has 122 valence electrons. The van der Waals surface area contributed by atoms with Gasteiger partial charge in [0, 0.05) is 11.1 Å². The van der Waals surface area contributed by atoms with Crippen molar-refractivity contribution in [1.29, 1.82) is 0 Å². The lowest BCUT2D eigenvalue weighted by atomic mass is 10.2. The molecule has 0 unspecified atom stereocenters. The van der Waals surface area contributed by atoms with Crippen LogP contribution in [0.5, 0.6) is 5.75 Å². The standard InChI is InChI=1S/C17H16N4O3/c1-10-3-6-15(24-2)14(7-10)20-17(23)16(22)19-12-5-4-11-9-18-21-13(11)8-12/h3-9H,1-2H3,(H,18,21)(H,19,22)(H,20,23). The lowest BCUT2D eigenvalue weighted by Crippen LogP contribution is -2.29. The van der Waals surface area contributed by atoms with Gasteiger partial charge in [0.15, 0.2) is 0 Å². The van der Waals surface area contributed by atoms with Crippen molar-refractivity contribution >= 4 is 34.1 Å². The Morgan fingerprint density at radius 1 is 1.08 bits per heavy atom. The molecule has 3 aromatic rings. The molecular weight excluding hydrogens is 308 g/mol. The normalized spacial score (nSPS) is 10.4. The molecule has 0 aliphatic rings. The van der Waals surface area contributed by atoms with Gasteiger partial charge >= 0.3 is 11.8 Å². The second kappa shape index (κ2) is 6.41. The first-order chi connectivity index (χ1) is 11.6. The highest BCUT2D eigenvalue weighted by atomic mass is 16.5. The van der Waals surface area contributed by atoms with Gasteiger partial charge in [0.25, 0.3) is 0 Å². The van der Waals surface area contributed by atoms with Crippen molar-refractivity contribution in [2.45, 2.75) is 6.92 Å². The zero-order valence-electron chi connectivity index (χ0n) is 13.2. The number of hydrogen-bond acceptors (Lipinski definition) is 4. The number of rotatable bonds is 3. The van der Waals surface area contributed by atoms with E-state index in [1.807, 2.05) is 13.0 Å². The van der Waals surface area contributed by atoms with Crippen molar-refractivity contribution in [2.75, 3.05) is 17.7 Å². The van der Waals surface area contributed by atoms with Crippen LogP contribution in [0.15, 0.2) is 42.6 Å². The maximum atomic E-state index is 12.1. The number of aromatic nitrogens is 2. The molecule has 0 aliphatic heterocycles. The summed E-state index contributed by atoms with van der Waals surface area (Å²) in [6, 6.07) is 10.5. The molecule has 0 aliphatic carbocycles. The van der Waals surface area contributed by atoms with Gasteiger partial charge in [0.1, 0.15) is 5.75 Å². The highest BCUT2D eigenvalue weighted by molar-refractivity contribution is 6.43. The topological polar surface area (TPSA) is 96.1 Å². The molecule has 1 aromatic heterocycles. The van der Waals surface area contributed by atoms with E-state index in [2.05, 4.69) is 20.8 Å².